The van der Waals surface area contributed by atoms with E-state index in [1.165, 1.54) is 87.6 Å². The van der Waals surface area contributed by atoms with Crippen molar-refractivity contribution in [3.05, 3.63) is 145 Å². The summed E-state index contributed by atoms with van der Waals surface area (Å²) in [5.74, 6) is 0. The van der Waals surface area contributed by atoms with E-state index in [1.807, 2.05) is 0 Å². The van der Waals surface area contributed by atoms with Gasteiger partial charge in [-0.25, -0.2) is 0 Å². The van der Waals surface area contributed by atoms with Gasteiger partial charge in [-0.15, -0.1) is 0 Å². The van der Waals surface area contributed by atoms with Gasteiger partial charge in [0.05, 0.1) is 0 Å². The van der Waals surface area contributed by atoms with Gasteiger partial charge >= 0.3 is 0 Å². The van der Waals surface area contributed by atoms with Crippen LogP contribution in [0.5, 0.6) is 0 Å². The number of hydrogen-bond acceptors (Lipinski definition) is 1. The third kappa shape index (κ3) is 2.94. The summed E-state index contributed by atoms with van der Waals surface area (Å²) in [4.78, 5) is 0. The van der Waals surface area contributed by atoms with Crippen LogP contribution in [0.1, 0.15) is 25.0 Å². The molecule has 0 saturated carbocycles. The minimum atomic E-state index is -0.0532. The van der Waals surface area contributed by atoms with Crippen LogP contribution in [0.3, 0.4) is 0 Å². The molecule has 1 aliphatic carbocycles. The molecule has 206 valence electrons. The van der Waals surface area contributed by atoms with Gasteiger partial charge in [0.25, 0.3) is 0 Å². The van der Waals surface area contributed by atoms with E-state index >= 15 is 0 Å². The molecule has 8 aromatic carbocycles. The Bertz CT molecular complexity index is 2570. The maximum absolute atomic E-state index is 6.34. The second kappa shape index (κ2) is 8.36. The van der Waals surface area contributed by atoms with Crippen molar-refractivity contribution in [2.24, 2.45) is 0 Å². The van der Waals surface area contributed by atoms with Crippen molar-refractivity contribution in [1.82, 2.24) is 0 Å². The number of hydrogen-bond donors (Lipinski definition) is 0. The zero-order valence-electron chi connectivity index (χ0n) is 24.6. The molecule has 44 heavy (non-hydrogen) atoms. The lowest BCUT2D eigenvalue weighted by atomic mass is 9.80. The predicted molar refractivity (Wildman–Crippen MR) is 186 cm³/mol. The van der Waals surface area contributed by atoms with Crippen molar-refractivity contribution in [2.45, 2.75) is 19.3 Å². The first kappa shape index (κ1) is 24.1. The lowest BCUT2D eigenvalue weighted by Crippen LogP contribution is -2.14. The normalized spacial score (nSPS) is 13.9. The number of furan rings is 1. The molecule has 10 rings (SSSR count). The fourth-order valence-corrected chi connectivity index (χ4v) is 8.35. The molecule has 0 N–H and O–H groups in total. The third-order valence-electron chi connectivity index (χ3n) is 10.2. The summed E-state index contributed by atoms with van der Waals surface area (Å²) in [5, 5.41) is 9.98. The maximum atomic E-state index is 6.34. The number of benzene rings is 8. The molecule has 1 aliphatic rings. The maximum Gasteiger partial charge on any atom is 0.136 e. The minimum Gasteiger partial charge on any atom is -0.456 e. The van der Waals surface area contributed by atoms with Crippen molar-refractivity contribution in [3.63, 3.8) is 0 Å². The lowest BCUT2D eigenvalue weighted by molar-refractivity contribution is 0.660. The molecule has 0 bridgehead atoms. The van der Waals surface area contributed by atoms with E-state index in [9.17, 15) is 0 Å². The largest absolute Gasteiger partial charge is 0.456 e. The SMILES string of the molecule is CC1(C)c2ccccc2-c2c(-c3c4ccccc4c(-c4cc5cccc6oc7cccc4c7c56)c4ccccc34)cccc21. The van der Waals surface area contributed by atoms with Gasteiger partial charge in [0.2, 0.25) is 0 Å². The van der Waals surface area contributed by atoms with E-state index in [4.69, 9.17) is 4.42 Å². The van der Waals surface area contributed by atoms with Crippen LogP contribution in [-0.2, 0) is 5.41 Å². The van der Waals surface area contributed by atoms with E-state index < -0.39 is 0 Å². The van der Waals surface area contributed by atoms with E-state index in [0.717, 1.165) is 11.2 Å². The Morgan fingerprint density at radius 2 is 0.932 bits per heavy atom. The van der Waals surface area contributed by atoms with Crippen molar-refractivity contribution < 1.29 is 4.42 Å². The van der Waals surface area contributed by atoms with Crippen LogP contribution >= 0.6 is 0 Å². The Balaban J connectivity index is 1.38. The Morgan fingerprint density at radius 3 is 1.66 bits per heavy atom. The Hall–Kier alpha value is -5.40. The zero-order chi connectivity index (χ0) is 29.2. The molecule has 0 radical (unpaired) electrons. The highest BCUT2D eigenvalue weighted by atomic mass is 16.3. The Kier molecular flexibility index (Phi) is 4.58. The lowest BCUT2D eigenvalue weighted by Gasteiger charge is -2.23. The molecule has 0 aliphatic heterocycles. The average molecular weight is 561 g/mol. The van der Waals surface area contributed by atoms with E-state index in [2.05, 4.69) is 147 Å². The molecule has 1 heterocycles. The molecule has 1 aromatic heterocycles. The third-order valence-corrected chi connectivity index (χ3v) is 10.2. The quantitative estimate of drug-likeness (QED) is 0.151. The van der Waals surface area contributed by atoms with Crippen molar-refractivity contribution in [1.29, 1.82) is 0 Å². The summed E-state index contributed by atoms with van der Waals surface area (Å²) < 4.78 is 6.34. The molecule has 1 heteroatoms. The van der Waals surface area contributed by atoms with Gasteiger partial charge in [-0.1, -0.05) is 129 Å². The summed E-state index contributed by atoms with van der Waals surface area (Å²) in [6.45, 7) is 4.73. The average Bonchev–Trinajstić information content (AvgIpc) is 3.56. The second-order valence-electron chi connectivity index (χ2n) is 12.8. The Morgan fingerprint density at radius 1 is 0.409 bits per heavy atom. The first-order valence-corrected chi connectivity index (χ1v) is 15.4. The van der Waals surface area contributed by atoms with Crippen LogP contribution in [0.2, 0.25) is 0 Å². The molecule has 0 saturated heterocycles. The monoisotopic (exact) mass is 560 g/mol. The second-order valence-corrected chi connectivity index (χ2v) is 12.8. The number of fused-ring (bicyclic) bond motifs is 5. The van der Waals surface area contributed by atoms with Gasteiger partial charge in [0.1, 0.15) is 11.2 Å². The van der Waals surface area contributed by atoms with E-state index in [0.29, 0.717) is 0 Å². The molecular formula is C43H28O. The first-order valence-electron chi connectivity index (χ1n) is 15.4. The van der Waals surface area contributed by atoms with Gasteiger partial charge in [0.15, 0.2) is 0 Å². The van der Waals surface area contributed by atoms with Crippen LogP contribution in [0.4, 0.5) is 0 Å². The van der Waals surface area contributed by atoms with Gasteiger partial charge in [-0.2, -0.15) is 0 Å². The zero-order valence-corrected chi connectivity index (χ0v) is 24.6. The molecular weight excluding hydrogens is 532 g/mol. The summed E-state index contributed by atoms with van der Waals surface area (Å²) in [6.07, 6.45) is 0. The molecule has 9 aromatic rings. The molecule has 1 nitrogen and oxygen atoms in total. The van der Waals surface area contributed by atoms with Crippen LogP contribution in [-0.4, -0.2) is 0 Å². The fourth-order valence-electron chi connectivity index (χ4n) is 8.35. The summed E-state index contributed by atoms with van der Waals surface area (Å²) in [6, 6.07) is 49.2. The topological polar surface area (TPSA) is 13.1 Å². The van der Waals surface area contributed by atoms with Crippen molar-refractivity contribution in [2.75, 3.05) is 0 Å². The van der Waals surface area contributed by atoms with Gasteiger partial charge in [-0.05, 0) is 95.0 Å². The van der Waals surface area contributed by atoms with E-state index in [-0.39, 0.29) is 5.41 Å². The van der Waals surface area contributed by atoms with Crippen molar-refractivity contribution >= 4 is 54.3 Å². The number of rotatable bonds is 2. The smallest absolute Gasteiger partial charge is 0.136 e. The van der Waals surface area contributed by atoms with Gasteiger partial charge < -0.3 is 4.42 Å². The molecule has 0 amide bonds. The standard InChI is InChI=1S/C43H28O/c1-43(2)34-20-8-7-17-31(34)41-32(19-10-21-35(41)43)39-26-13-3-5-15-28(26)40(29-16-6-4-14-27(29)39)33-24-25-12-9-22-36-38(25)42-30(33)18-11-23-37(42)44-36/h3-24H,1-2H3. The highest BCUT2D eigenvalue weighted by molar-refractivity contribution is 6.30. The fraction of sp³-hybridized carbons (Fsp3) is 0.0698. The van der Waals surface area contributed by atoms with Crippen LogP contribution in [0.15, 0.2) is 138 Å². The highest BCUT2D eigenvalue weighted by Gasteiger charge is 2.37. The van der Waals surface area contributed by atoms with Gasteiger partial charge in [0, 0.05) is 16.2 Å². The van der Waals surface area contributed by atoms with Crippen LogP contribution in [0, 0.1) is 0 Å². The van der Waals surface area contributed by atoms with Crippen LogP contribution in [0.25, 0.3) is 87.6 Å². The molecule has 0 spiro atoms. The molecule has 0 unspecified atom stereocenters. The molecule has 0 fully saturated rings. The summed E-state index contributed by atoms with van der Waals surface area (Å²) in [7, 11) is 0. The Labute approximate surface area is 255 Å². The highest BCUT2D eigenvalue weighted by Crippen LogP contribution is 2.55. The summed E-state index contributed by atoms with van der Waals surface area (Å²) in [5.41, 5.74) is 12.5. The van der Waals surface area contributed by atoms with E-state index in [1.54, 1.807) is 0 Å². The minimum absolute atomic E-state index is 0.0532. The van der Waals surface area contributed by atoms with Crippen LogP contribution < -0.4 is 0 Å². The van der Waals surface area contributed by atoms with Crippen molar-refractivity contribution in [3.8, 4) is 33.4 Å². The predicted octanol–water partition coefficient (Wildman–Crippen LogP) is 12.1. The van der Waals surface area contributed by atoms with Gasteiger partial charge in [-0.3, -0.25) is 0 Å². The first-order chi connectivity index (χ1) is 21.6. The molecule has 0 atom stereocenters. The summed E-state index contributed by atoms with van der Waals surface area (Å²) >= 11 is 0.